The van der Waals surface area contributed by atoms with E-state index in [1.54, 1.807) is 0 Å². The Morgan fingerprint density at radius 3 is 2.95 bits per heavy atom. The first-order chi connectivity index (χ1) is 10.2. The molecule has 1 aromatic heterocycles. The number of aromatic nitrogens is 2. The van der Waals surface area contributed by atoms with Crippen molar-refractivity contribution in [2.45, 2.75) is 44.9 Å². The molecule has 2 atom stereocenters. The van der Waals surface area contributed by atoms with E-state index in [2.05, 4.69) is 28.0 Å². The van der Waals surface area contributed by atoms with Gasteiger partial charge in [-0.05, 0) is 32.3 Å². The molecule has 7 heteroatoms. The van der Waals surface area contributed by atoms with Gasteiger partial charge in [-0.1, -0.05) is 0 Å². The molecule has 0 amide bonds. The Kier molecular flexibility index (Phi) is 6.08. The zero-order valence-electron chi connectivity index (χ0n) is 13.3. The van der Waals surface area contributed by atoms with Gasteiger partial charge in [0.1, 0.15) is 6.10 Å². The fraction of sp³-hybridized carbons (Fsp3) is 0.733. The molecule has 6 nitrogen and oxygen atoms in total. The normalized spacial score (nSPS) is 25.1. The zero-order valence-corrected chi connectivity index (χ0v) is 15.6. The maximum absolute atomic E-state index is 6.07. The summed E-state index contributed by atoms with van der Waals surface area (Å²) < 4.78 is 7.93. The smallest absolute Gasteiger partial charge is 0.191 e. The second-order valence-electron chi connectivity index (χ2n) is 5.95. The summed E-state index contributed by atoms with van der Waals surface area (Å²) in [7, 11) is 2.03. The fourth-order valence-corrected chi connectivity index (χ4v) is 2.97. The van der Waals surface area contributed by atoms with Gasteiger partial charge < -0.3 is 15.4 Å². The average Bonchev–Trinajstić information content (AvgIpc) is 3.06. The van der Waals surface area contributed by atoms with E-state index in [9.17, 15) is 0 Å². The number of nitrogens with two attached hydrogens (primary N) is 1. The molecule has 2 aliphatic rings. The molecule has 1 aliphatic heterocycles. The Morgan fingerprint density at radius 2 is 2.27 bits per heavy atom. The molecular weight excluding hydrogens is 393 g/mol. The van der Waals surface area contributed by atoms with E-state index in [-0.39, 0.29) is 30.1 Å². The summed E-state index contributed by atoms with van der Waals surface area (Å²) in [5.74, 6) is 1.05. The number of aliphatic imine (C=N–C) groups is 1. The monoisotopic (exact) mass is 419 g/mol. The van der Waals surface area contributed by atoms with Crippen molar-refractivity contribution in [3.05, 3.63) is 18.0 Å². The molecule has 2 heterocycles. The highest BCUT2D eigenvalue weighted by Crippen LogP contribution is 2.34. The highest BCUT2D eigenvalue weighted by atomic mass is 127. The highest BCUT2D eigenvalue weighted by molar-refractivity contribution is 14.0. The largest absolute Gasteiger partial charge is 0.372 e. The molecule has 1 saturated carbocycles. The molecule has 1 aromatic rings. The Balaban J connectivity index is 0.00000176. The molecule has 124 valence electrons. The van der Waals surface area contributed by atoms with Crippen molar-refractivity contribution in [3.63, 3.8) is 0 Å². The van der Waals surface area contributed by atoms with Gasteiger partial charge in [-0.2, -0.15) is 5.10 Å². The van der Waals surface area contributed by atoms with Crippen LogP contribution in [0.15, 0.2) is 17.3 Å². The Labute approximate surface area is 149 Å². The van der Waals surface area contributed by atoms with Gasteiger partial charge in [0, 0.05) is 44.9 Å². The highest BCUT2D eigenvalue weighted by Gasteiger charge is 2.32. The first-order valence-electron chi connectivity index (χ1n) is 7.86. The molecule has 0 spiro atoms. The lowest BCUT2D eigenvalue weighted by Gasteiger charge is -2.20. The van der Waals surface area contributed by atoms with E-state index in [0.717, 1.165) is 31.8 Å². The standard InChI is InChI=1S/C15H25N5O.HI/c1-3-20-13(6-8-18-20)14-11(7-9-21-14)10-17-15(16)19(2)12-4-5-12;/h6,8,11-12,14H,3-5,7,9-10H2,1-2H3,(H2,16,17);1H/t11-,14+;/m0./s1. The van der Waals surface area contributed by atoms with Crippen LogP contribution in [0.2, 0.25) is 0 Å². The molecule has 1 saturated heterocycles. The van der Waals surface area contributed by atoms with E-state index in [1.807, 2.05) is 17.9 Å². The quantitative estimate of drug-likeness (QED) is 0.451. The molecule has 2 fully saturated rings. The molecular formula is C15H26IN5O. The van der Waals surface area contributed by atoms with E-state index >= 15 is 0 Å². The lowest BCUT2D eigenvalue weighted by molar-refractivity contribution is 0.0850. The fourth-order valence-electron chi connectivity index (χ4n) is 2.97. The lowest BCUT2D eigenvalue weighted by atomic mass is 9.99. The number of guanidine groups is 1. The predicted molar refractivity (Wildman–Crippen MR) is 97.4 cm³/mol. The first kappa shape index (κ1) is 17.5. The van der Waals surface area contributed by atoms with Crippen LogP contribution in [0.4, 0.5) is 0 Å². The predicted octanol–water partition coefficient (Wildman–Crippen LogP) is 2.01. The average molecular weight is 419 g/mol. The topological polar surface area (TPSA) is 68.7 Å². The molecule has 0 unspecified atom stereocenters. The van der Waals surface area contributed by atoms with Gasteiger partial charge in [-0.3, -0.25) is 9.67 Å². The number of halogens is 1. The van der Waals surface area contributed by atoms with E-state index in [0.29, 0.717) is 17.9 Å². The van der Waals surface area contributed by atoms with E-state index < -0.39 is 0 Å². The second kappa shape index (κ2) is 7.63. The van der Waals surface area contributed by atoms with Gasteiger partial charge in [0.2, 0.25) is 0 Å². The summed E-state index contributed by atoms with van der Waals surface area (Å²) in [5.41, 5.74) is 7.23. The summed E-state index contributed by atoms with van der Waals surface area (Å²) in [6, 6.07) is 2.65. The third-order valence-corrected chi connectivity index (χ3v) is 4.50. The van der Waals surface area contributed by atoms with Crippen molar-refractivity contribution in [2.75, 3.05) is 20.2 Å². The van der Waals surface area contributed by atoms with Crippen molar-refractivity contribution < 1.29 is 4.74 Å². The van der Waals surface area contributed by atoms with Crippen molar-refractivity contribution in [3.8, 4) is 0 Å². The first-order valence-corrected chi connectivity index (χ1v) is 7.86. The number of hydrogen-bond acceptors (Lipinski definition) is 3. The summed E-state index contributed by atoms with van der Waals surface area (Å²) in [6.45, 7) is 4.48. The zero-order chi connectivity index (χ0) is 14.8. The van der Waals surface area contributed by atoms with Gasteiger partial charge in [0.25, 0.3) is 0 Å². The van der Waals surface area contributed by atoms with Crippen LogP contribution in [0.5, 0.6) is 0 Å². The van der Waals surface area contributed by atoms with Crippen LogP contribution >= 0.6 is 24.0 Å². The van der Waals surface area contributed by atoms with E-state index in [1.165, 1.54) is 12.8 Å². The molecule has 22 heavy (non-hydrogen) atoms. The van der Waals surface area contributed by atoms with Crippen LogP contribution in [0, 0.1) is 5.92 Å². The van der Waals surface area contributed by atoms with Gasteiger partial charge in [-0.15, -0.1) is 24.0 Å². The van der Waals surface area contributed by atoms with Crippen LogP contribution in [-0.4, -0.2) is 46.9 Å². The van der Waals surface area contributed by atoms with Crippen LogP contribution in [0.25, 0.3) is 0 Å². The van der Waals surface area contributed by atoms with Crippen LogP contribution in [-0.2, 0) is 11.3 Å². The molecule has 0 radical (unpaired) electrons. The van der Waals surface area contributed by atoms with Crippen molar-refractivity contribution >= 4 is 29.9 Å². The van der Waals surface area contributed by atoms with Crippen molar-refractivity contribution in [2.24, 2.45) is 16.6 Å². The number of aryl methyl sites for hydroxylation is 1. The van der Waals surface area contributed by atoms with E-state index in [4.69, 9.17) is 10.5 Å². The van der Waals surface area contributed by atoms with Crippen molar-refractivity contribution in [1.82, 2.24) is 14.7 Å². The number of nitrogens with zero attached hydrogens (tertiary/aromatic N) is 4. The molecule has 0 bridgehead atoms. The number of ether oxygens (including phenoxy) is 1. The lowest BCUT2D eigenvalue weighted by Crippen LogP contribution is -2.36. The molecule has 0 aromatic carbocycles. The Morgan fingerprint density at radius 1 is 1.50 bits per heavy atom. The molecule has 1 aliphatic carbocycles. The SMILES string of the molecule is CCn1nccc1[C@@H]1OCC[C@H]1CN=C(N)N(C)C1CC1.I. The van der Waals surface area contributed by atoms with Crippen LogP contribution in [0.1, 0.15) is 38.0 Å². The van der Waals surface area contributed by atoms with Gasteiger partial charge in [-0.25, -0.2) is 0 Å². The third kappa shape index (κ3) is 3.73. The Hall–Kier alpha value is -0.830. The van der Waals surface area contributed by atoms with Gasteiger partial charge >= 0.3 is 0 Å². The molecule has 2 N–H and O–H groups in total. The molecule has 3 rings (SSSR count). The minimum atomic E-state index is 0. The minimum Gasteiger partial charge on any atom is -0.372 e. The Bertz CT molecular complexity index is 514. The van der Waals surface area contributed by atoms with Gasteiger partial charge in [0.15, 0.2) is 5.96 Å². The second-order valence-corrected chi connectivity index (χ2v) is 5.95. The number of rotatable bonds is 5. The minimum absolute atomic E-state index is 0. The summed E-state index contributed by atoms with van der Waals surface area (Å²) in [4.78, 5) is 6.69. The third-order valence-electron chi connectivity index (χ3n) is 4.50. The van der Waals surface area contributed by atoms with Gasteiger partial charge in [0.05, 0.1) is 5.69 Å². The summed E-state index contributed by atoms with van der Waals surface area (Å²) in [6.07, 6.45) is 5.43. The van der Waals surface area contributed by atoms with Crippen LogP contribution < -0.4 is 5.73 Å². The summed E-state index contributed by atoms with van der Waals surface area (Å²) >= 11 is 0. The summed E-state index contributed by atoms with van der Waals surface area (Å²) in [5, 5.41) is 4.34. The number of hydrogen-bond donors (Lipinski definition) is 1. The maximum Gasteiger partial charge on any atom is 0.191 e. The maximum atomic E-state index is 6.07. The van der Waals surface area contributed by atoms with Crippen LogP contribution in [0.3, 0.4) is 0 Å². The van der Waals surface area contributed by atoms with Crippen molar-refractivity contribution in [1.29, 1.82) is 0 Å².